The van der Waals surface area contributed by atoms with Crippen LogP contribution in [0, 0.1) is 11.8 Å². The molecule has 1 unspecified atom stereocenters. The number of nitrogens with one attached hydrogen (secondary N) is 1. The average Bonchev–Trinajstić information content (AvgIpc) is 3.46. The quantitative estimate of drug-likeness (QED) is 0.899. The van der Waals surface area contributed by atoms with Crippen LogP contribution in [0.3, 0.4) is 0 Å². The molecule has 2 heterocycles. The summed E-state index contributed by atoms with van der Waals surface area (Å²) in [6.07, 6.45) is 10.3. The van der Waals surface area contributed by atoms with Crippen LogP contribution in [0.25, 0.3) is 0 Å². The largest absolute Gasteiger partial charge is 0.343 e. The number of aromatic nitrogens is 2. The van der Waals surface area contributed by atoms with Crippen LogP contribution in [0.5, 0.6) is 0 Å². The lowest BCUT2D eigenvalue weighted by molar-refractivity contribution is -0.127. The molecule has 2 aliphatic carbocycles. The summed E-state index contributed by atoms with van der Waals surface area (Å²) < 4.78 is 0. The summed E-state index contributed by atoms with van der Waals surface area (Å²) in [5, 5.41) is 3.25. The Kier molecular flexibility index (Phi) is 3.60. The molecular formula is C17H24N4O. The summed E-state index contributed by atoms with van der Waals surface area (Å²) in [5.74, 6) is 2.00. The minimum absolute atomic E-state index is 0.133. The first kappa shape index (κ1) is 14.1. The van der Waals surface area contributed by atoms with Gasteiger partial charge in [0.1, 0.15) is 0 Å². The molecule has 1 aliphatic heterocycles. The van der Waals surface area contributed by atoms with Crippen LogP contribution in [0.1, 0.15) is 44.3 Å². The maximum atomic E-state index is 12.7. The van der Waals surface area contributed by atoms with Crippen molar-refractivity contribution in [3.63, 3.8) is 0 Å². The van der Waals surface area contributed by atoms with Crippen LogP contribution < -0.4 is 5.32 Å². The molecule has 3 aliphatic rings. The van der Waals surface area contributed by atoms with E-state index in [2.05, 4.69) is 20.2 Å². The lowest BCUT2D eigenvalue weighted by Gasteiger charge is -2.32. The fraction of sp³-hybridized carbons (Fsp3) is 0.706. The van der Waals surface area contributed by atoms with Gasteiger partial charge in [0.15, 0.2) is 5.82 Å². The highest BCUT2D eigenvalue weighted by Crippen LogP contribution is 2.44. The molecule has 0 bridgehead atoms. The highest BCUT2D eigenvalue weighted by molar-refractivity contribution is 5.80. The van der Waals surface area contributed by atoms with Gasteiger partial charge in [0, 0.05) is 25.5 Å². The van der Waals surface area contributed by atoms with Crippen molar-refractivity contribution in [3.8, 4) is 0 Å². The third-order valence-corrected chi connectivity index (χ3v) is 5.20. The SMILES string of the molecule is O=C(NC1(c2ncccn2)CC1)C1CCCN(CC2CC2)C1. The molecule has 22 heavy (non-hydrogen) atoms. The van der Waals surface area contributed by atoms with Crippen molar-refractivity contribution in [2.45, 2.75) is 44.1 Å². The van der Waals surface area contributed by atoms with Gasteiger partial charge < -0.3 is 10.2 Å². The topological polar surface area (TPSA) is 58.1 Å². The molecule has 5 nitrogen and oxygen atoms in total. The second kappa shape index (κ2) is 5.61. The zero-order chi connectivity index (χ0) is 15.0. The fourth-order valence-corrected chi connectivity index (χ4v) is 3.51. The third-order valence-electron chi connectivity index (χ3n) is 5.20. The second-order valence-corrected chi connectivity index (χ2v) is 7.19. The molecule has 3 fully saturated rings. The lowest BCUT2D eigenvalue weighted by Crippen LogP contribution is -2.46. The fourth-order valence-electron chi connectivity index (χ4n) is 3.51. The smallest absolute Gasteiger partial charge is 0.225 e. The van der Waals surface area contributed by atoms with Crippen LogP contribution in [-0.2, 0) is 10.3 Å². The predicted octanol–water partition coefficient (Wildman–Crippen LogP) is 1.70. The number of amides is 1. The van der Waals surface area contributed by atoms with E-state index in [1.165, 1.54) is 19.4 Å². The maximum Gasteiger partial charge on any atom is 0.225 e. The van der Waals surface area contributed by atoms with Crippen molar-refractivity contribution in [3.05, 3.63) is 24.3 Å². The molecular weight excluding hydrogens is 276 g/mol. The summed E-state index contributed by atoms with van der Waals surface area (Å²) in [6.45, 7) is 3.28. The number of hydrogen-bond acceptors (Lipinski definition) is 4. The summed E-state index contributed by atoms with van der Waals surface area (Å²) >= 11 is 0. The summed E-state index contributed by atoms with van der Waals surface area (Å²) in [4.78, 5) is 23.8. The number of piperidine rings is 1. The minimum Gasteiger partial charge on any atom is -0.343 e. The number of carbonyl (C=O) groups is 1. The first-order chi connectivity index (χ1) is 10.8. The van der Waals surface area contributed by atoms with Crippen molar-refractivity contribution in [1.29, 1.82) is 0 Å². The molecule has 1 aromatic heterocycles. The first-order valence-electron chi connectivity index (χ1n) is 8.57. The molecule has 0 aromatic carbocycles. The van der Waals surface area contributed by atoms with Gasteiger partial charge in [-0.25, -0.2) is 9.97 Å². The van der Waals surface area contributed by atoms with E-state index in [1.54, 1.807) is 12.4 Å². The summed E-state index contributed by atoms with van der Waals surface area (Å²) in [6, 6.07) is 1.82. The van der Waals surface area contributed by atoms with E-state index in [-0.39, 0.29) is 17.4 Å². The highest BCUT2D eigenvalue weighted by atomic mass is 16.2. The molecule has 0 radical (unpaired) electrons. The Morgan fingerprint density at radius 1 is 1.27 bits per heavy atom. The Morgan fingerprint density at radius 3 is 2.73 bits per heavy atom. The lowest BCUT2D eigenvalue weighted by atomic mass is 9.96. The highest BCUT2D eigenvalue weighted by Gasteiger charge is 2.49. The molecule has 5 heteroatoms. The van der Waals surface area contributed by atoms with Crippen LogP contribution in [0.4, 0.5) is 0 Å². The Morgan fingerprint density at radius 2 is 2.05 bits per heavy atom. The van der Waals surface area contributed by atoms with E-state index in [0.717, 1.165) is 50.5 Å². The van der Waals surface area contributed by atoms with Crippen molar-refractivity contribution in [1.82, 2.24) is 20.2 Å². The van der Waals surface area contributed by atoms with Crippen molar-refractivity contribution >= 4 is 5.91 Å². The van der Waals surface area contributed by atoms with Gasteiger partial charge in [0.2, 0.25) is 5.91 Å². The van der Waals surface area contributed by atoms with Crippen molar-refractivity contribution in [2.24, 2.45) is 11.8 Å². The minimum atomic E-state index is -0.281. The van der Waals surface area contributed by atoms with E-state index >= 15 is 0 Å². The van der Waals surface area contributed by atoms with Gasteiger partial charge in [-0.05, 0) is 57.1 Å². The first-order valence-corrected chi connectivity index (χ1v) is 8.57. The van der Waals surface area contributed by atoms with E-state index in [1.807, 2.05) is 6.07 Å². The molecule has 4 rings (SSSR count). The second-order valence-electron chi connectivity index (χ2n) is 7.19. The Hall–Kier alpha value is -1.49. The maximum absolute atomic E-state index is 12.7. The van der Waals surface area contributed by atoms with Gasteiger partial charge in [-0.2, -0.15) is 0 Å². The van der Waals surface area contributed by atoms with Gasteiger partial charge in [0.25, 0.3) is 0 Å². The van der Waals surface area contributed by atoms with Gasteiger partial charge >= 0.3 is 0 Å². The summed E-state index contributed by atoms with van der Waals surface area (Å²) in [5.41, 5.74) is -0.281. The van der Waals surface area contributed by atoms with E-state index in [4.69, 9.17) is 0 Å². The van der Waals surface area contributed by atoms with Gasteiger partial charge in [0.05, 0.1) is 11.5 Å². The number of hydrogen-bond donors (Lipinski definition) is 1. The molecule has 2 saturated carbocycles. The van der Waals surface area contributed by atoms with E-state index < -0.39 is 0 Å². The summed E-state index contributed by atoms with van der Waals surface area (Å²) in [7, 11) is 0. The third kappa shape index (κ3) is 3.00. The molecule has 1 N–H and O–H groups in total. The number of carbonyl (C=O) groups excluding carboxylic acids is 1. The molecule has 1 amide bonds. The Bertz CT molecular complexity index is 539. The van der Waals surface area contributed by atoms with Gasteiger partial charge in [-0.15, -0.1) is 0 Å². The molecule has 118 valence electrons. The monoisotopic (exact) mass is 300 g/mol. The molecule has 1 aromatic rings. The predicted molar refractivity (Wildman–Crippen MR) is 83.0 cm³/mol. The van der Waals surface area contributed by atoms with Crippen LogP contribution in [0.15, 0.2) is 18.5 Å². The molecule has 0 spiro atoms. The zero-order valence-corrected chi connectivity index (χ0v) is 13.0. The Labute approximate surface area is 131 Å². The number of nitrogens with zero attached hydrogens (tertiary/aromatic N) is 3. The van der Waals surface area contributed by atoms with E-state index in [9.17, 15) is 4.79 Å². The average molecular weight is 300 g/mol. The van der Waals surface area contributed by atoms with Gasteiger partial charge in [-0.3, -0.25) is 4.79 Å². The van der Waals surface area contributed by atoms with Crippen LogP contribution in [-0.4, -0.2) is 40.4 Å². The van der Waals surface area contributed by atoms with Crippen molar-refractivity contribution in [2.75, 3.05) is 19.6 Å². The van der Waals surface area contributed by atoms with Crippen LogP contribution >= 0.6 is 0 Å². The van der Waals surface area contributed by atoms with E-state index in [0.29, 0.717) is 0 Å². The number of likely N-dealkylation sites (tertiary alicyclic amines) is 1. The number of rotatable bonds is 5. The van der Waals surface area contributed by atoms with Crippen molar-refractivity contribution < 1.29 is 4.79 Å². The molecule has 1 atom stereocenters. The Balaban J connectivity index is 1.37. The van der Waals surface area contributed by atoms with Crippen LogP contribution in [0.2, 0.25) is 0 Å². The van der Waals surface area contributed by atoms with Gasteiger partial charge in [-0.1, -0.05) is 0 Å². The zero-order valence-electron chi connectivity index (χ0n) is 13.0. The molecule has 1 saturated heterocycles. The normalized spacial score (nSPS) is 27.4. The standard InChI is InChI=1S/C17H24N4O/c22-15(14-3-1-10-21(12-14)11-13-4-5-13)20-17(6-7-17)16-18-8-2-9-19-16/h2,8-9,13-14H,1,3-7,10-12H2,(H,20,22).